The van der Waals surface area contributed by atoms with Gasteiger partial charge < -0.3 is 15.8 Å². The summed E-state index contributed by atoms with van der Waals surface area (Å²) in [5.74, 6) is 0.253. The summed E-state index contributed by atoms with van der Waals surface area (Å²) in [6.07, 6.45) is 2.68. The summed E-state index contributed by atoms with van der Waals surface area (Å²) in [6.45, 7) is 2.43. The zero-order valence-electron chi connectivity index (χ0n) is 11.5. The van der Waals surface area contributed by atoms with Crippen molar-refractivity contribution in [1.82, 2.24) is 5.32 Å². The second-order valence-electron chi connectivity index (χ2n) is 5.25. The Kier molecular flexibility index (Phi) is 5.83. The quantitative estimate of drug-likeness (QED) is 0.840. The summed E-state index contributed by atoms with van der Waals surface area (Å²) in [4.78, 5) is 11.6. The minimum absolute atomic E-state index is 0.313. The number of carbonyl (C=O) groups excluding carboxylic acids is 1. The molecule has 0 radical (unpaired) electrons. The molecule has 0 bridgehead atoms. The molecule has 0 unspecified atom stereocenters. The van der Waals surface area contributed by atoms with Gasteiger partial charge in [0.2, 0.25) is 5.91 Å². The maximum absolute atomic E-state index is 11.6. The van der Waals surface area contributed by atoms with Crippen LogP contribution in [-0.4, -0.2) is 31.7 Å². The zero-order chi connectivity index (χ0) is 14.4. The Hall–Kier alpha value is -1.10. The van der Waals surface area contributed by atoms with Gasteiger partial charge in [-0.15, -0.1) is 0 Å². The molecule has 110 valence electrons. The average molecular weight is 297 g/mol. The van der Waals surface area contributed by atoms with Crippen LogP contribution in [0, 0.1) is 5.92 Å². The maximum Gasteiger partial charge on any atom is 0.234 e. The third-order valence-corrected chi connectivity index (χ3v) is 3.94. The number of ether oxygens (including phenoxy) is 1. The van der Waals surface area contributed by atoms with Crippen LogP contribution in [0.25, 0.3) is 0 Å². The van der Waals surface area contributed by atoms with Gasteiger partial charge in [-0.05, 0) is 49.4 Å². The Morgan fingerprint density at radius 2 is 2.00 bits per heavy atom. The molecule has 5 heteroatoms. The number of hydrogen-bond donors (Lipinski definition) is 2. The van der Waals surface area contributed by atoms with Gasteiger partial charge in [-0.2, -0.15) is 0 Å². The van der Waals surface area contributed by atoms with Crippen LogP contribution < -0.4 is 11.1 Å². The van der Waals surface area contributed by atoms with E-state index >= 15 is 0 Å². The molecule has 1 amide bonds. The summed E-state index contributed by atoms with van der Waals surface area (Å²) >= 11 is 5.85. The molecule has 0 spiro atoms. The molecule has 1 aliphatic rings. The number of primary amides is 1. The minimum Gasteiger partial charge on any atom is -0.381 e. The molecular formula is C15H21ClN2O2. The van der Waals surface area contributed by atoms with Crippen LogP contribution in [0.4, 0.5) is 0 Å². The topological polar surface area (TPSA) is 64.4 Å². The standard InChI is InChI=1S/C15H21ClN2O2/c16-13-3-1-11(2-4-13)9-14(15(17)19)18-10-12-5-7-20-8-6-12/h1-4,12,14,18H,5-10H2,(H2,17,19)/t14-/m1/s1. The summed E-state index contributed by atoms with van der Waals surface area (Å²) < 4.78 is 5.33. The van der Waals surface area contributed by atoms with Crippen LogP contribution in [0.3, 0.4) is 0 Å². The van der Waals surface area contributed by atoms with Crippen LogP contribution in [-0.2, 0) is 16.0 Å². The molecular weight excluding hydrogens is 276 g/mol. The van der Waals surface area contributed by atoms with Crippen molar-refractivity contribution in [3.63, 3.8) is 0 Å². The minimum atomic E-state index is -0.334. The van der Waals surface area contributed by atoms with Crippen molar-refractivity contribution < 1.29 is 9.53 Å². The number of amides is 1. The monoisotopic (exact) mass is 296 g/mol. The molecule has 0 aliphatic carbocycles. The molecule has 0 saturated carbocycles. The number of benzene rings is 1. The van der Waals surface area contributed by atoms with Crippen LogP contribution in [0.5, 0.6) is 0 Å². The van der Waals surface area contributed by atoms with E-state index in [-0.39, 0.29) is 11.9 Å². The Morgan fingerprint density at radius 1 is 1.35 bits per heavy atom. The fourth-order valence-electron chi connectivity index (χ4n) is 2.39. The highest BCUT2D eigenvalue weighted by Gasteiger charge is 2.19. The first kappa shape index (κ1) is 15.3. The predicted octanol–water partition coefficient (Wildman–Crippen LogP) is 1.75. The zero-order valence-corrected chi connectivity index (χ0v) is 12.2. The Labute approximate surface area is 124 Å². The first-order valence-electron chi connectivity index (χ1n) is 7.00. The van der Waals surface area contributed by atoms with Gasteiger partial charge in [0.15, 0.2) is 0 Å². The van der Waals surface area contributed by atoms with Gasteiger partial charge in [0.05, 0.1) is 6.04 Å². The van der Waals surface area contributed by atoms with E-state index in [4.69, 9.17) is 22.1 Å². The van der Waals surface area contributed by atoms with Gasteiger partial charge in [-0.3, -0.25) is 4.79 Å². The largest absolute Gasteiger partial charge is 0.381 e. The third-order valence-electron chi connectivity index (χ3n) is 3.69. The van der Waals surface area contributed by atoms with E-state index in [1.54, 1.807) is 0 Å². The maximum atomic E-state index is 11.6. The van der Waals surface area contributed by atoms with E-state index in [0.29, 0.717) is 17.4 Å². The molecule has 1 fully saturated rings. The van der Waals surface area contributed by atoms with Crippen LogP contribution in [0.15, 0.2) is 24.3 Å². The SMILES string of the molecule is NC(=O)[C@@H](Cc1ccc(Cl)cc1)NCC1CCOCC1. The number of carbonyl (C=O) groups is 1. The summed E-state index contributed by atoms with van der Waals surface area (Å²) in [6, 6.07) is 7.17. The Bertz CT molecular complexity index is 430. The van der Waals surface area contributed by atoms with E-state index in [2.05, 4.69) is 5.32 Å². The third kappa shape index (κ3) is 4.78. The number of rotatable bonds is 6. The number of nitrogens with one attached hydrogen (secondary N) is 1. The van der Waals surface area contributed by atoms with Gasteiger partial charge in [0.1, 0.15) is 0 Å². The number of nitrogens with two attached hydrogens (primary N) is 1. The molecule has 1 aromatic carbocycles. The molecule has 2 rings (SSSR count). The lowest BCUT2D eigenvalue weighted by atomic mass is 9.99. The first-order valence-corrected chi connectivity index (χ1v) is 7.38. The molecule has 1 saturated heterocycles. The highest BCUT2D eigenvalue weighted by atomic mass is 35.5. The molecule has 3 N–H and O–H groups in total. The predicted molar refractivity (Wildman–Crippen MR) is 79.7 cm³/mol. The summed E-state index contributed by atoms with van der Waals surface area (Å²) in [5.41, 5.74) is 6.53. The second kappa shape index (κ2) is 7.62. The van der Waals surface area contributed by atoms with Gasteiger partial charge in [-0.1, -0.05) is 23.7 Å². The molecule has 20 heavy (non-hydrogen) atoms. The molecule has 1 aliphatic heterocycles. The van der Waals surface area contributed by atoms with E-state index in [9.17, 15) is 4.79 Å². The summed E-state index contributed by atoms with van der Waals surface area (Å²) in [7, 11) is 0. The Balaban J connectivity index is 1.86. The summed E-state index contributed by atoms with van der Waals surface area (Å²) in [5, 5.41) is 3.98. The van der Waals surface area contributed by atoms with Crippen molar-refractivity contribution >= 4 is 17.5 Å². The van der Waals surface area contributed by atoms with Crippen molar-refractivity contribution in [3.05, 3.63) is 34.9 Å². The van der Waals surface area contributed by atoms with Crippen molar-refractivity contribution in [3.8, 4) is 0 Å². The lowest BCUT2D eigenvalue weighted by Gasteiger charge is -2.24. The molecule has 1 atom stereocenters. The van der Waals surface area contributed by atoms with Crippen LogP contribution >= 0.6 is 11.6 Å². The van der Waals surface area contributed by atoms with Crippen LogP contribution in [0.2, 0.25) is 5.02 Å². The lowest BCUT2D eigenvalue weighted by molar-refractivity contribution is -0.120. The molecule has 1 aromatic rings. The van der Waals surface area contributed by atoms with E-state index < -0.39 is 0 Å². The van der Waals surface area contributed by atoms with E-state index in [1.807, 2.05) is 24.3 Å². The fraction of sp³-hybridized carbons (Fsp3) is 0.533. The molecule has 1 heterocycles. The van der Waals surface area contributed by atoms with Gasteiger partial charge in [-0.25, -0.2) is 0 Å². The van der Waals surface area contributed by atoms with Crippen molar-refractivity contribution in [2.75, 3.05) is 19.8 Å². The fourth-order valence-corrected chi connectivity index (χ4v) is 2.51. The van der Waals surface area contributed by atoms with E-state index in [0.717, 1.165) is 38.2 Å². The molecule has 0 aromatic heterocycles. The number of halogens is 1. The average Bonchev–Trinajstić information content (AvgIpc) is 2.46. The van der Waals surface area contributed by atoms with Crippen molar-refractivity contribution in [2.45, 2.75) is 25.3 Å². The highest BCUT2D eigenvalue weighted by Crippen LogP contribution is 2.14. The normalized spacial score (nSPS) is 17.9. The van der Waals surface area contributed by atoms with Crippen molar-refractivity contribution in [2.24, 2.45) is 11.7 Å². The number of hydrogen-bond acceptors (Lipinski definition) is 3. The van der Waals surface area contributed by atoms with Crippen molar-refractivity contribution in [1.29, 1.82) is 0 Å². The van der Waals surface area contributed by atoms with Gasteiger partial charge in [0, 0.05) is 18.2 Å². The second-order valence-corrected chi connectivity index (χ2v) is 5.69. The molecule has 4 nitrogen and oxygen atoms in total. The smallest absolute Gasteiger partial charge is 0.234 e. The highest BCUT2D eigenvalue weighted by molar-refractivity contribution is 6.30. The Morgan fingerprint density at radius 3 is 2.60 bits per heavy atom. The van der Waals surface area contributed by atoms with Gasteiger partial charge in [0.25, 0.3) is 0 Å². The van der Waals surface area contributed by atoms with E-state index in [1.165, 1.54) is 0 Å². The lowest BCUT2D eigenvalue weighted by Crippen LogP contribution is -2.45. The van der Waals surface area contributed by atoms with Crippen LogP contribution in [0.1, 0.15) is 18.4 Å². The first-order chi connectivity index (χ1) is 9.65. The van der Waals surface area contributed by atoms with Gasteiger partial charge >= 0.3 is 0 Å².